The molecular weight excluding hydrogens is 240 g/mol. The second kappa shape index (κ2) is 5.29. The van der Waals surface area contributed by atoms with Crippen molar-refractivity contribution in [2.24, 2.45) is 5.73 Å². The van der Waals surface area contributed by atoms with E-state index >= 15 is 0 Å². The maximum Gasteiger partial charge on any atom is 0.124 e. The standard InChI is InChI=1S/C13H11F2NS/c14-10-2-1-3-12(7-10)17-13-5-4-11(15)6-9(13)8-16/h1-7H,8,16H2. The average molecular weight is 251 g/mol. The molecule has 2 rings (SSSR count). The molecule has 0 aromatic heterocycles. The molecule has 0 spiro atoms. The van der Waals surface area contributed by atoms with Crippen molar-refractivity contribution >= 4 is 11.8 Å². The number of nitrogens with two attached hydrogens (primary N) is 1. The Hall–Kier alpha value is -1.39. The van der Waals surface area contributed by atoms with Crippen LogP contribution in [0.3, 0.4) is 0 Å². The Morgan fingerprint density at radius 2 is 1.76 bits per heavy atom. The Morgan fingerprint density at radius 1 is 1.00 bits per heavy atom. The zero-order valence-corrected chi connectivity index (χ0v) is 9.81. The van der Waals surface area contributed by atoms with Gasteiger partial charge in [0.1, 0.15) is 11.6 Å². The second-order valence-corrected chi connectivity index (χ2v) is 4.63. The molecule has 1 nitrogen and oxygen atoms in total. The van der Waals surface area contributed by atoms with Crippen LogP contribution in [0.5, 0.6) is 0 Å². The van der Waals surface area contributed by atoms with E-state index in [1.54, 1.807) is 18.2 Å². The van der Waals surface area contributed by atoms with Crippen molar-refractivity contribution in [1.82, 2.24) is 0 Å². The number of hydrogen-bond donors (Lipinski definition) is 1. The molecule has 17 heavy (non-hydrogen) atoms. The van der Waals surface area contributed by atoms with Crippen LogP contribution in [0.15, 0.2) is 52.3 Å². The molecule has 0 saturated carbocycles. The van der Waals surface area contributed by atoms with Crippen LogP contribution < -0.4 is 5.73 Å². The number of rotatable bonds is 3. The predicted octanol–water partition coefficient (Wildman–Crippen LogP) is 3.57. The molecule has 2 N–H and O–H groups in total. The van der Waals surface area contributed by atoms with Gasteiger partial charge in [-0.1, -0.05) is 17.8 Å². The number of hydrogen-bond acceptors (Lipinski definition) is 2. The summed E-state index contributed by atoms with van der Waals surface area (Å²) in [5.74, 6) is -0.597. The third-order valence-electron chi connectivity index (χ3n) is 2.27. The number of benzene rings is 2. The van der Waals surface area contributed by atoms with Gasteiger partial charge in [-0.15, -0.1) is 0 Å². The molecule has 0 aliphatic heterocycles. The molecule has 0 saturated heterocycles. The molecule has 0 bridgehead atoms. The zero-order chi connectivity index (χ0) is 12.3. The van der Waals surface area contributed by atoms with E-state index in [-0.39, 0.29) is 18.2 Å². The van der Waals surface area contributed by atoms with Gasteiger partial charge in [-0.05, 0) is 42.0 Å². The third-order valence-corrected chi connectivity index (χ3v) is 3.37. The smallest absolute Gasteiger partial charge is 0.124 e. The minimum absolute atomic E-state index is 0.259. The summed E-state index contributed by atoms with van der Waals surface area (Å²) in [7, 11) is 0. The van der Waals surface area contributed by atoms with Crippen LogP contribution in [-0.2, 0) is 6.54 Å². The van der Waals surface area contributed by atoms with E-state index in [0.29, 0.717) is 0 Å². The molecule has 0 radical (unpaired) electrons. The van der Waals surface area contributed by atoms with E-state index in [0.717, 1.165) is 15.4 Å². The Balaban J connectivity index is 2.29. The molecule has 0 amide bonds. The van der Waals surface area contributed by atoms with Gasteiger partial charge in [0.15, 0.2) is 0 Å². The molecule has 0 aliphatic rings. The second-order valence-electron chi connectivity index (χ2n) is 3.52. The first-order valence-electron chi connectivity index (χ1n) is 5.11. The van der Waals surface area contributed by atoms with Crippen molar-refractivity contribution in [3.8, 4) is 0 Å². The van der Waals surface area contributed by atoms with Crippen LogP contribution >= 0.6 is 11.8 Å². The highest BCUT2D eigenvalue weighted by Crippen LogP contribution is 2.31. The van der Waals surface area contributed by atoms with Gasteiger partial charge in [-0.25, -0.2) is 8.78 Å². The molecular formula is C13H11F2NS. The minimum atomic E-state index is -0.311. The summed E-state index contributed by atoms with van der Waals surface area (Å²) in [6.45, 7) is 0.259. The highest BCUT2D eigenvalue weighted by Gasteiger charge is 2.05. The summed E-state index contributed by atoms with van der Waals surface area (Å²) in [4.78, 5) is 1.62. The van der Waals surface area contributed by atoms with Crippen molar-refractivity contribution < 1.29 is 8.78 Å². The summed E-state index contributed by atoms with van der Waals surface area (Å²) in [5.41, 5.74) is 6.27. The molecule has 2 aromatic carbocycles. The van der Waals surface area contributed by atoms with Gasteiger partial charge in [0, 0.05) is 16.3 Å². The fourth-order valence-electron chi connectivity index (χ4n) is 1.46. The van der Waals surface area contributed by atoms with Crippen molar-refractivity contribution in [1.29, 1.82) is 0 Å². The van der Waals surface area contributed by atoms with E-state index in [1.165, 1.54) is 36.0 Å². The summed E-state index contributed by atoms with van der Waals surface area (Å²) < 4.78 is 26.0. The maximum atomic E-state index is 13.0. The minimum Gasteiger partial charge on any atom is -0.326 e. The van der Waals surface area contributed by atoms with E-state index in [2.05, 4.69) is 0 Å². The largest absolute Gasteiger partial charge is 0.326 e. The van der Waals surface area contributed by atoms with Gasteiger partial charge < -0.3 is 5.73 Å². The Kier molecular flexibility index (Phi) is 3.76. The Labute approximate surface area is 103 Å². The van der Waals surface area contributed by atoms with E-state index in [4.69, 9.17) is 5.73 Å². The van der Waals surface area contributed by atoms with Crippen molar-refractivity contribution in [3.05, 3.63) is 59.7 Å². The monoisotopic (exact) mass is 251 g/mol. The lowest BCUT2D eigenvalue weighted by Gasteiger charge is -2.07. The lowest BCUT2D eigenvalue weighted by molar-refractivity contribution is 0.622. The Bertz CT molecular complexity index is 529. The highest BCUT2D eigenvalue weighted by atomic mass is 32.2. The van der Waals surface area contributed by atoms with Gasteiger partial charge in [0.2, 0.25) is 0 Å². The quantitative estimate of drug-likeness (QED) is 0.902. The zero-order valence-electron chi connectivity index (χ0n) is 8.99. The van der Waals surface area contributed by atoms with Crippen LogP contribution in [0.4, 0.5) is 8.78 Å². The molecule has 0 aliphatic carbocycles. The topological polar surface area (TPSA) is 26.0 Å². The lowest BCUT2D eigenvalue weighted by Crippen LogP contribution is -1.99. The first kappa shape index (κ1) is 12.1. The van der Waals surface area contributed by atoms with E-state index in [9.17, 15) is 8.78 Å². The molecule has 0 unspecified atom stereocenters. The first-order chi connectivity index (χ1) is 8.19. The SMILES string of the molecule is NCc1cc(F)ccc1Sc1cccc(F)c1. The van der Waals surface area contributed by atoms with Gasteiger partial charge in [-0.2, -0.15) is 0 Å². The molecule has 4 heteroatoms. The lowest BCUT2D eigenvalue weighted by atomic mass is 10.2. The summed E-state index contributed by atoms with van der Waals surface area (Å²) in [6, 6.07) is 10.7. The molecule has 0 fully saturated rings. The molecule has 0 heterocycles. The fraction of sp³-hybridized carbons (Fsp3) is 0.0769. The van der Waals surface area contributed by atoms with Gasteiger partial charge in [-0.3, -0.25) is 0 Å². The van der Waals surface area contributed by atoms with Crippen LogP contribution in [0.1, 0.15) is 5.56 Å². The van der Waals surface area contributed by atoms with Gasteiger partial charge in [0.05, 0.1) is 0 Å². The van der Waals surface area contributed by atoms with E-state index in [1.807, 2.05) is 0 Å². The van der Waals surface area contributed by atoms with Gasteiger partial charge >= 0.3 is 0 Å². The van der Waals surface area contributed by atoms with Crippen LogP contribution in [0.25, 0.3) is 0 Å². The molecule has 0 atom stereocenters. The van der Waals surface area contributed by atoms with Crippen molar-refractivity contribution in [2.75, 3.05) is 0 Å². The molecule has 88 valence electrons. The normalized spacial score (nSPS) is 10.5. The number of halogens is 2. The Morgan fingerprint density at radius 3 is 2.47 bits per heavy atom. The fourth-order valence-corrected chi connectivity index (χ4v) is 2.45. The van der Waals surface area contributed by atoms with Crippen LogP contribution in [0, 0.1) is 11.6 Å². The highest BCUT2D eigenvalue weighted by molar-refractivity contribution is 7.99. The van der Waals surface area contributed by atoms with Crippen LogP contribution in [0.2, 0.25) is 0 Å². The first-order valence-corrected chi connectivity index (χ1v) is 5.92. The van der Waals surface area contributed by atoms with Crippen molar-refractivity contribution in [2.45, 2.75) is 16.3 Å². The predicted molar refractivity (Wildman–Crippen MR) is 64.8 cm³/mol. The van der Waals surface area contributed by atoms with Gasteiger partial charge in [0.25, 0.3) is 0 Å². The third kappa shape index (κ3) is 3.05. The van der Waals surface area contributed by atoms with Crippen molar-refractivity contribution in [3.63, 3.8) is 0 Å². The molecule has 2 aromatic rings. The van der Waals surface area contributed by atoms with Crippen LogP contribution in [-0.4, -0.2) is 0 Å². The summed E-state index contributed by atoms with van der Waals surface area (Å²) in [6.07, 6.45) is 0. The van der Waals surface area contributed by atoms with E-state index < -0.39 is 0 Å². The average Bonchev–Trinajstić information content (AvgIpc) is 2.31. The summed E-state index contributed by atoms with van der Waals surface area (Å²) in [5, 5.41) is 0. The summed E-state index contributed by atoms with van der Waals surface area (Å²) >= 11 is 1.37. The maximum absolute atomic E-state index is 13.0.